The topological polar surface area (TPSA) is 64.7 Å². The fourth-order valence-electron chi connectivity index (χ4n) is 3.91. The molecule has 1 aliphatic heterocycles. The number of rotatable bonds is 7. The molecule has 3 aromatic rings. The number of piperazine rings is 1. The van der Waals surface area contributed by atoms with E-state index in [4.69, 9.17) is 0 Å². The lowest BCUT2D eigenvalue weighted by molar-refractivity contribution is -0.117. The summed E-state index contributed by atoms with van der Waals surface area (Å²) in [4.78, 5) is 29.4. The first-order valence-corrected chi connectivity index (χ1v) is 11.0. The number of carbonyl (C=O) groups is 2. The molecular weight excluding hydrogens is 419 g/mol. The molecule has 6 nitrogen and oxygen atoms in total. The van der Waals surface area contributed by atoms with E-state index in [2.05, 4.69) is 10.6 Å². The summed E-state index contributed by atoms with van der Waals surface area (Å²) in [6.07, 6.45) is 0. The standard InChI is InChI=1S/C26H27FN4O2/c27-22-11-5-7-13-24(22)31-16-14-30(15-17-31)19-25(32)29-23-12-6-4-10-21(23)26(33)28-18-20-8-2-1-3-9-20/h1-13H,14-19H2,(H,28,33)(H,29,32). The van der Waals surface area contributed by atoms with Crippen LogP contribution in [0, 0.1) is 5.82 Å². The summed E-state index contributed by atoms with van der Waals surface area (Å²) >= 11 is 0. The number of benzene rings is 3. The Morgan fingerprint density at radius 1 is 0.818 bits per heavy atom. The highest BCUT2D eigenvalue weighted by molar-refractivity contribution is 6.04. The minimum atomic E-state index is -0.242. The van der Waals surface area contributed by atoms with Crippen molar-refractivity contribution in [3.05, 3.63) is 95.8 Å². The van der Waals surface area contributed by atoms with Gasteiger partial charge in [-0.1, -0.05) is 54.6 Å². The van der Waals surface area contributed by atoms with Crippen molar-refractivity contribution in [1.29, 1.82) is 0 Å². The number of nitrogens with one attached hydrogen (secondary N) is 2. The first-order chi connectivity index (χ1) is 16.1. The van der Waals surface area contributed by atoms with Gasteiger partial charge in [0.2, 0.25) is 5.91 Å². The van der Waals surface area contributed by atoms with Crippen LogP contribution in [0.5, 0.6) is 0 Å². The van der Waals surface area contributed by atoms with E-state index in [1.54, 1.807) is 36.4 Å². The number of anilines is 2. The molecule has 0 spiro atoms. The minimum absolute atomic E-state index is 0.183. The van der Waals surface area contributed by atoms with Crippen molar-refractivity contribution in [3.63, 3.8) is 0 Å². The number of hydrogen-bond acceptors (Lipinski definition) is 4. The zero-order valence-corrected chi connectivity index (χ0v) is 18.3. The van der Waals surface area contributed by atoms with Gasteiger partial charge in [-0.05, 0) is 29.8 Å². The van der Waals surface area contributed by atoms with Crippen molar-refractivity contribution in [2.75, 3.05) is 42.9 Å². The third-order valence-electron chi connectivity index (χ3n) is 5.67. The van der Waals surface area contributed by atoms with Gasteiger partial charge in [0.05, 0.1) is 23.5 Å². The number of carbonyl (C=O) groups excluding carboxylic acids is 2. The molecule has 1 fully saturated rings. The van der Waals surface area contributed by atoms with E-state index in [9.17, 15) is 14.0 Å². The fraction of sp³-hybridized carbons (Fsp3) is 0.231. The highest BCUT2D eigenvalue weighted by Crippen LogP contribution is 2.20. The van der Waals surface area contributed by atoms with Crippen LogP contribution >= 0.6 is 0 Å². The first-order valence-electron chi connectivity index (χ1n) is 11.0. The number of nitrogens with zero attached hydrogens (tertiary/aromatic N) is 2. The first kappa shape index (κ1) is 22.5. The van der Waals surface area contributed by atoms with Crippen molar-refractivity contribution in [1.82, 2.24) is 10.2 Å². The van der Waals surface area contributed by atoms with E-state index in [0.29, 0.717) is 49.7 Å². The molecule has 0 unspecified atom stereocenters. The lowest BCUT2D eigenvalue weighted by Gasteiger charge is -2.35. The smallest absolute Gasteiger partial charge is 0.253 e. The maximum absolute atomic E-state index is 14.0. The summed E-state index contributed by atoms with van der Waals surface area (Å²) in [5.41, 5.74) is 2.50. The third-order valence-corrected chi connectivity index (χ3v) is 5.67. The van der Waals surface area contributed by atoms with Crippen molar-refractivity contribution < 1.29 is 14.0 Å². The van der Waals surface area contributed by atoms with Crippen LogP contribution in [0.25, 0.3) is 0 Å². The number of halogens is 1. The van der Waals surface area contributed by atoms with Gasteiger partial charge >= 0.3 is 0 Å². The van der Waals surface area contributed by atoms with Crippen LogP contribution in [0.3, 0.4) is 0 Å². The Hall–Kier alpha value is -3.71. The second-order valence-corrected chi connectivity index (χ2v) is 7.98. The predicted octanol–water partition coefficient (Wildman–Crippen LogP) is 3.52. The average molecular weight is 447 g/mol. The molecular formula is C26H27FN4O2. The van der Waals surface area contributed by atoms with Crippen LogP contribution in [-0.2, 0) is 11.3 Å². The van der Waals surface area contributed by atoms with Crippen molar-refractivity contribution >= 4 is 23.2 Å². The molecule has 3 aromatic carbocycles. The third kappa shape index (κ3) is 5.96. The molecule has 1 aliphatic rings. The van der Waals surface area contributed by atoms with E-state index in [1.165, 1.54) is 6.07 Å². The van der Waals surface area contributed by atoms with Crippen LogP contribution < -0.4 is 15.5 Å². The van der Waals surface area contributed by atoms with Gasteiger partial charge in [-0.15, -0.1) is 0 Å². The number of para-hydroxylation sites is 2. The van der Waals surface area contributed by atoms with Crippen molar-refractivity contribution in [2.24, 2.45) is 0 Å². The predicted molar refractivity (Wildman–Crippen MR) is 128 cm³/mol. The molecule has 170 valence electrons. The van der Waals surface area contributed by atoms with Gasteiger partial charge in [-0.3, -0.25) is 14.5 Å². The molecule has 0 bridgehead atoms. The van der Waals surface area contributed by atoms with Crippen LogP contribution in [-0.4, -0.2) is 49.4 Å². The number of hydrogen-bond donors (Lipinski definition) is 2. The van der Waals surface area contributed by atoms with Gasteiger partial charge in [-0.2, -0.15) is 0 Å². The second-order valence-electron chi connectivity index (χ2n) is 7.98. The molecule has 1 heterocycles. The van der Waals surface area contributed by atoms with Crippen molar-refractivity contribution in [3.8, 4) is 0 Å². The lowest BCUT2D eigenvalue weighted by Crippen LogP contribution is -2.49. The molecule has 4 rings (SSSR count). The Bertz CT molecular complexity index is 1100. The summed E-state index contributed by atoms with van der Waals surface area (Å²) in [6.45, 7) is 3.22. The lowest BCUT2D eigenvalue weighted by atomic mass is 10.1. The second kappa shape index (κ2) is 10.7. The van der Waals surface area contributed by atoms with Gasteiger partial charge in [0.15, 0.2) is 0 Å². The summed E-state index contributed by atoms with van der Waals surface area (Å²) in [5.74, 6) is -0.656. The molecule has 0 radical (unpaired) electrons. The number of amides is 2. The molecule has 0 saturated carbocycles. The van der Waals surface area contributed by atoms with E-state index in [-0.39, 0.29) is 24.2 Å². The maximum Gasteiger partial charge on any atom is 0.253 e. The minimum Gasteiger partial charge on any atom is -0.367 e. The van der Waals surface area contributed by atoms with E-state index in [0.717, 1.165) is 5.56 Å². The quantitative estimate of drug-likeness (QED) is 0.583. The summed E-state index contributed by atoms with van der Waals surface area (Å²) < 4.78 is 14.0. The highest BCUT2D eigenvalue weighted by atomic mass is 19.1. The molecule has 7 heteroatoms. The highest BCUT2D eigenvalue weighted by Gasteiger charge is 2.21. The average Bonchev–Trinajstić information content (AvgIpc) is 2.84. The van der Waals surface area contributed by atoms with Crippen molar-refractivity contribution in [2.45, 2.75) is 6.54 Å². The van der Waals surface area contributed by atoms with E-state index < -0.39 is 0 Å². The Balaban J connectivity index is 1.30. The van der Waals surface area contributed by atoms with Crippen LogP contribution in [0.1, 0.15) is 15.9 Å². The Morgan fingerprint density at radius 3 is 2.24 bits per heavy atom. The largest absolute Gasteiger partial charge is 0.367 e. The van der Waals surface area contributed by atoms with E-state index >= 15 is 0 Å². The van der Waals surface area contributed by atoms with Crippen LogP contribution in [0.2, 0.25) is 0 Å². The normalized spacial score (nSPS) is 14.0. The zero-order valence-electron chi connectivity index (χ0n) is 18.3. The molecule has 0 atom stereocenters. The zero-order chi connectivity index (χ0) is 23.0. The molecule has 2 N–H and O–H groups in total. The van der Waals surface area contributed by atoms with Crippen LogP contribution in [0.15, 0.2) is 78.9 Å². The molecule has 1 saturated heterocycles. The SMILES string of the molecule is O=C(CN1CCN(c2ccccc2F)CC1)Nc1ccccc1C(=O)NCc1ccccc1. The van der Waals surface area contributed by atoms with Gasteiger partial charge in [0, 0.05) is 32.7 Å². The molecule has 33 heavy (non-hydrogen) atoms. The summed E-state index contributed by atoms with van der Waals surface area (Å²) in [5, 5.41) is 5.77. The Morgan fingerprint density at radius 2 is 1.48 bits per heavy atom. The Kier molecular flexibility index (Phi) is 7.32. The fourth-order valence-corrected chi connectivity index (χ4v) is 3.91. The van der Waals surface area contributed by atoms with Gasteiger partial charge in [-0.25, -0.2) is 4.39 Å². The van der Waals surface area contributed by atoms with Gasteiger partial charge < -0.3 is 15.5 Å². The molecule has 0 aliphatic carbocycles. The summed E-state index contributed by atoms with van der Waals surface area (Å²) in [6, 6.07) is 23.4. The molecule has 0 aromatic heterocycles. The Labute approximate surface area is 193 Å². The van der Waals surface area contributed by atoms with Gasteiger partial charge in [0.25, 0.3) is 5.91 Å². The van der Waals surface area contributed by atoms with E-state index in [1.807, 2.05) is 46.2 Å². The maximum atomic E-state index is 14.0. The van der Waals surface area contributed by atoms with Crippen LogP contribution in [0.4, 0.5) is 15.8 Å². The molecule has 2 amide bonds. The summed E-state index contributed by atoms with van der Waals surface area (Å²) in [7, 11) is 0. The monoisotopic (exact) mass is 446 g/mol. The van der Waals surface area contributed by atoms with Gasteiger partial charge in [0.1, 0.15) is 5.82 Å².